The number of phenols is 1. The number of sulfonamides is 1. The fraction of sp³-hybridized carbons (Fsp3) is 0.0714. The van der Waals surface area contributed by atoms with Crippen LogP contribution in [0, 0.1) is 0 Å². The van der Waals surface area contributed by atoms with Gasteiger partial charge < -0.3 is 9.63 Å². The van der Waals surface area contributed by atoms with Gasteiger partial charge in [0.05, 0.1) is 5.69 Å². The normalized spacial score (nSPS) is 11.7. The molecule has 0 bridgehead atoms. The number of para-hydroxylation sites is 1. The highest BCUT2D eigenvalue weighted by Crippen LogP contribution is 2.28. The molecular formula is C14H11ClN2O4S. The molecule has 0 atom stereocenters. The minimum Gasteiger partial charge on any atom is -0.506 e. The molecule has 0 aliphatic rings. The minimum absolute atomic E-state index is 0.0142. The Labute approximate surface area is 131 Å². The monoisotopic (exact) mass is 338 g/mol. The third-order valence-corrected chi connectivity index (χ3v) is 4.42. The number of rotatable bonds is 4. The molecule has 3 rings (SSSR count). The Kier molecular flexibility index (Phi) is 3.67. The average Bonchev–Trinajstić information content (AvgIpc) is 2.85. The van der Waals surface area contributed by atoms with Gasteiger partial charge in [0, 0.05) is 10.4 Å². The van der Waals surface area contributed by atoms with Crippen molar-refractivity contribution in [3.8, 4) is 5.75 Å². The number of benzene rings is 2. The van der Waals surface area contributed by atoms with Gasteiger partial charge in [0.25, 0.3) is 0 Å². The molecule has 0 spiro atoms. The summed E-state index contributed by atoms with van der Waals surface area (Å²) in [6.07, 6.45) is 0. The second kappa shape index (κ2) is 5.51. The lowest BCUT2D eigenvalue weighted by atomic mass is 10.2. The molecule has 0 unspecified atom stereocenters. The van der Waals surface area contributed by atoms with E-state index in [1.165, 1.54) is 18.2 Å². The summed E-state index contributed by atoms with van der Waals surface area (Å²) in [6, 6.07) is 11.1. The SMILES string of the molecule is O=S(=O)(Cc1noc2ccccc12)Nc1cc(Cl)ccc1O. The lowest BCUT2D eigenvalue weighted by molar-refractivity contribution is 0.448. The largest absolute Gasteiger partial charge is 0.506 e. The second-order valence-corrected chi connectivity index (χ2v) is 6.81. The standard InChI is InChI=1S/C14H11ClN2O4S/c15-9-5-6-13(18)11(7-9)17-22(19,20)8-12-10-3-1-2-4-14(10)21-16-12/h1-7,17-18H,8H2. The van der Waals surface area contributed by atoms with E-state index in [-0.39, 0.29) is 17.2 Å². The molecule has 2 aromatic carbocycles. The number of halogens is 1. The van der Waals surface area contributed by atoms with E-state index >= 15 is 0 Å². The number of hydrogen-bond acceptors (Lipinski definition) is 5. The maximum atomic E-state index is 12.2. The molecule has 2 N–H and O–H groups in total. The van der Waals surface area contributed by atoms with Crippen LogP contribution in [0.1, 0.15) is 5.69 Å². The summed E-state index contributed by atoms with van der Waals surface area (Å²) < 4.78 is 31.8. The molecule has 6 nitrogen and oxygen atoms in total. The summed E-state index contributed by atoms with van der Waals surface area (Å²) in [6.45, 7) is 0. The summed E-state index contributed by atoms with van der Waals surface area (Å²) in [7, 11) is -3.78. The molecule has 114 valence electrons. The summed E-state index contributed by atoms with van der Waals surface area (Å²) in [5.41, 5.74) is 0.822. The number of nitrogens with zero attached hydrogens (tertiary/aromatic N) is 1. The van der Waals surface area contributed by atoms with Gasteiger partial charge in [0.2, 0.25) is 10.0 Å². The van der Waals surface area contributed by atoms with Crippen molar-refractivity contribution >= 4 is 38.3 Å². The molecule has 0 radical (unpaired) electrons. The van der Waals surface area contributed by atoms with E-state index in [0.717, 1.165) is 0 Å². The molecule has 8 heteroatoms. The van der Waals surface area contributed by atoms with Gasteiger partial charge in [-0.1, -0.05) is 28.9 Å². The number of phenolic OH excluding ortho intramolecular Hbond substituents is 1. The van der Waals surface area contributed by atoms with Crippen LogP contribution in [0.2, 0.25) is 5.02 Å². The van der Waals surface area contributed by atoms with Gasteiger partial charge in [0.1, 0.15) is 17.2 Å². The minimum atomic E-state index is -3.78. The first-order valence-electron chi connectivity index (χ1n) is 6.27. The van der Waals surface area contributed by atoms with Crippen molar-refractivity contribution in [2.45, 2.75) is 5.75 Å². The van der Waals surface area contributed by atoms with Crippen LogP contribution in [0.5, 0.6) is 5.75 Å². The number of nitrogens with one attached hydrogen (secondary N) is 1. The van der Waals surface area contributed by atoms with E-state index < -0.39 is 10.0 Å². The lowest BCUT2D eigenvalue weighted by Gasteiger charge is -2.08. The van der Waals surface area contributed by atoms with Crippen molar-refractivity contribution in [3.63, 3.8) is 0 Å². The van der Waals surface area contributed by atoms with Crippen molar-refractivity contribution in [3.05, 3.63) is 53.2 Å². The zero-order valence-electron chi connectivity index (χ0n) is 11.2. The number of anilines is 1. The second-order valence-electron chi connectivity index (χ2n) is 4.65. The Bertz CT molecular complexity index is 937. The van der Waals surface area contributed by atoms with Gasteiger partial charge in [-0.05, 0) is 30.3 Å². The van der Waals surface area contributed by atoms with Crippen LogP contribution in [0.3, 0.4) is 0 Å². The van der Waals surface area contributed by atoms with Gasteiger partial charge in [0.15, 0.2) is 5.58 Å². The van der Waals surface area contributed by atoms with Gasteiger partial charge in [-0.25, -0.2) is 8.42 Å². The number of aromatic nitrogens is 1. The van der Waals surface area contributed by atoms with E-state index in [2.05, 4.69) is 9.88 Å². The van der Waals surface area contributed by atoms with E-state index in [1.807, 2.05) is 0 Å². The lowest BCUT2D eigenvalue weighted by Crippen LogP contribution is -2.15. The van der Waals surface area contributed by atoms with Gasteiger partial charge in [-0.15, -0.1) is 0 Å². The smallest absolute Gasteiger partial charge is 0.238 e. The molecule has 0 aliphatic carbocycles. The van der Waals surface area contributed by atoms with Crippen molar-refractivity contribution < 1.29 is 18.0 Å². The van der Waals surface area contributed by atoms with Gasteiger partial charge >= 0.3 is 0 Å². The molecule has 3 aromatic rings. The van der Waals surface area contributed by atoms with E-state index in [1.54, 1.807) is 24.3 Å². The van der Waals surface area contributed by atoms with Crippen LogP contribution in [-0.4, -0.2) is 18.7 Å². The van der Waals surface area contributed by atoms with Crippen LogP contribution in [0.4, 0.5) is 5.69 Å². The number of hydrogen-bond donors (Lipinski definition) is 2. The fourth-order valence-corrected chi connectivity index (χ4v) is 3.33. The maximum Gasteiger partial charge on any atom is 0.238 e. The van der Waals surface area contributed by atoms with Crippen LogP contribution in [0.15, 0.2) is 47.0 Å². The Hall–Kier alpha value is -2.25. The zero-order valence-corrected chi connectivity index (χ0v) is 12.7. The molecule has 1 heterocycles. The van der Waals surface area contributed by atoms with Crippen LogP contribution < -0.4 is 4.72 Å². The molecule has 22 heavy (non-hydrogen) atoms. The molecule has 0 saturated heterocycles. The Morgan fingerprint density at radius 1 is 1.23 bits per heavy atom. The maximum absolute atomic E-state index is 12.2. The molecular weight excluding hydrogens is 328 g/mol. The van der Waals surface area contributed by atoms with Crippen molar-refractivity contribution in [1.82, 2.24) is 5.16 Å². The molecule has 0 aliphatic heterocycles. The van der Waals surface area contributed by atoms with Gasteiger partial charge in [-0.2, -0.15) is 0 Å². The van der Waals surface area contributed by atoms with Crippen LogP contribution in [0.25, 0.3) is 11.0 Å². The number of fused-ring (bicyclic) bond motifs is 1. The Balaban J connectivity index is 1.89. The highest BCUT2D eigenvalue weighted by Gasteiger charge is 2.19. The summed E-state index contributed by atoms with van der Waals surface area (Å²) >= 11 is 5.79. The van der Waals surface area contributed by atoms with E-state index in [9.17, 15) is 13.5 Å². The Morgan fingerprint density at radius 2 is 2.00 bits per heavy atom. The first-order chi connectivity index (χ1) is 10.4. The van der Waals surface area contributed by atoms with Gasteiger partial charge in [-0.3, -0.25) is 4.72 Å². The fourth-order valence-electron chi connectivity index (χ4n) is 2.02. The summed E-state index contributed by atoms with van der Waals surface area (Å²) in [4.78, 5) is 0. The average molecular weight is 339 g/mol. The van der Waals surface area contributed by atoms with E-state index in [4.69, 9.17) is 16.1 Å². The zero-order chi connectivity index (χ0) is 15.7. The first kappa shape index (κ1) is 14.7. The highest BCUT2D eigenvalue weighted by atomic mass is 35.5. The predicted molar refractivity (Wildman–Crippen MR) is 83.4 cm³/mol. The number of aromatic hydroxyl groups is 1. The summed E-state index contributed by atoms with van der Waals surface area (Å²) in [5, 5.41) is 14.4. The summed E-state index contributed by atoms with van der Waals surface area (Å²) in [5.74, 6) is -0.589. The molecule has 0 amide bonds. The highest BCUT2D eigenvalue weighted by molar-refractivity contribution is 7.91. The quantitative estimate of drug-likeness (QED) is 0.713. The topological polar surface area (TPSA) is 92.4 Å². The Morgan fingerprint density at radius 3 is 2.82 bits per heavy atom. The van der Waals surface area contributed by atoms with E-state index in [0.29, 0.717) is 21.7 Å². The molecule has 1 aromatic heterocycles. The molecule has 0 fully saturated rings. The third-order valence-electron chi connectivity index (χ3n) is 3.00. The van der Waals surface area contributed by atoms with Crippen molar-refractivity contribution in [2.24, 2.45) is 0 Å². The van der Waals surface area contributed by atoms with Crippen LogP contribution >= 0.6 is 11.6 Å². The predicted octanol–water partition coefficient (Wildman–Crippen LogP) is 3.13. The van der Waals surface area contributed by atoms with Crippen LogP contribution in [-0.2, 0) is 15.8 Å². The third kappa shape index (κ3) is 3.00. The first-order valence-corrected chi connectivity index (χ1v) is 8.30. The van der Waals surface area contributed by atoms with Crippen molar-refractivity contribution in [1.29, 1.82) is 0 Å². The van der Waals surface area contributed by atoms with Crippen molar-refractivity contribution in [2.75, 3.05) is 4.72 Å². The molecule has 0 saturated carbocycles.